The van der Waals surface area contributed by atoms with Crippen LogP contribution < -0.4 is 10.2 Å². The summed E-state index contributed by atoms with van der Waals surface area (Å²) in [4.78, 5) is 15.7. The minimum Gasteiger partial charge on any atom is -0.465 e. The maximum Gasteiger partial charge on any atom is 0.404 e. The van der Waals surface area contributed by atoms with Gasteiger partial charge in [0.25, 0.3) is 0 Å². The summed E-state index contributed by atoms with van der Waals surface area (Å²) in [5.41, 5.74) is 0. The third-order valence-corrected chi connectivity index (χ3v) is 6.88. The minimum atomic E-state index is -0.885. The maximum atomic E-state index is 10.7. The van der Waals surface area contributed by atoms with Gasteiger partial charge in [0.2, 0.25) is 0 Å². The molecule has 2 aliphatic rings. The van der Waals surface area contributed by atoms with Crippen molar-refractivity contribution in [3.63, 3.8) is 0 Å². The lowest BCUT2D eigenvalue weighted by Gasteiger charge is -2.36. The van der Waals surface area contributed by atoms with Gasteiger partial charge < -0.3 is 15.3 Å². The van der Waals surface area contributed by atoms with E-state index in [1.54, 1.807) is 11.5 Å². The number of anilines is 1. The van der Waals surface area contributed by atoms with E-state index in [0.29, 0.717) is 0 Å². The molecule has 0 spiro atoms. The second-order valence-electron chi connectivity index (χ2n) is 7.79. The number of aromatic nitrogens is 1. The molecule has 0 bridgehead atoms. The molecule has 27 heavy (non-hydrogen) atoms. The Labute approximate surface area is 164 Å². The average Bonchev–Trinajstić information content (AvgIpc) is 3.12. The van der Waals surface area contributed by atoms with E-state index < -0.39 is 6.09 Å². The Morgan fingerprint density at radius 3 is 2.63 bits per heavy atom. The minimum absolute atomic E-state index is 0.162. The van der Waals surface area contributed by atoms with Crippen LogP contribution in [-0.2, 0) is 0 Å². The van der Waals surface area contributed by atoms with Crippen LogP contribution in [0.2, 0.25) is 0 Å². The smallest absolute Gasteiger partial charge is 0.404 e. The van der Waals surface area contributed by atoms with E-state index >= 15 is 0 Å². The largest absolute Gasteiger partial charge is 0.465 e. The zero-order valence-corrected chi connectivity index (χ0v) is 16.5. The van der Waals surface area contributed by atoms with E-state index in [-0.39, 0.29) is 6.04 Å². The van der Waals surface area contributed by atoms with Gasteiger partial charge in [0.15, 0.2) is 0 Å². The number of hydrogen-bond acceptors (Lipinski definition) is 5. The Morgan fingerprint density at radius 2 is 1.89 bits per heavy atom. The fourth-order valence-corrected chi connectivity index (χ4v) is 5.21. The SMILES string of the molecule is O=C(O)N[C@H]1CC[C@@H](CCN2CCN(c3nsc4ccccc34)CC2)CC1. The Hall–Kier alpha value is -1.86. The molecular weight excluding hydrogens is 360 g/mol. The summed E-state index contributed by atoms with van der Waals surface area (Å²) < 4.78 is 5.96. The number of amides is 1. The van der Waals surface area contributed by atoms with Gasteiger partial charge in [0.1, 0.15) is 5.82 Å². The lowest BCUT2D eigenvalue weighted by atomic mass is 9.84. The van der Waals surface area contributed by atoms with Gasteiger partial charge >= 0.3 is 6.09 Å². The Morgan fingerprint density at radius 1 is 1.15 bits per heavy atom. The Balaban J connectivity index is 1.21. The van der Waals surface area contributed by atoms with Gasteiger partial charge in [-0.05, 0) is 68.2 Å². The molecular formula is C20H28N4O2S. The van der Waals surface area contributed by atoms with Crippen molar-refractivity contribution in [3.05, 3.63) is 24.3 Å². The van der Waals surface area contributed by atoms with Crippen molar-refractivity contribution in [1.29, 1.82) is 0 Å². The molecule has 4 rings (SSSR count). The normalized spacial score (nSPS) is 24.2. The maximum absolute atomic E-state index is 10.7. The molecule has 6 nitrogen and oxygen atoms in total. The molecule has 1 aliphatic heterocycles. The van der Waals surface area contributed by atoms with Gasteiger partial charge in [-0.3, -0.25) is 4.90 Å². The molecule has 1 saturated heterocycles. The van der Waals surface area contributed by atoms with E-state index in [9.17, 15) is 4.79 Å². The molecule has 146 valence electrons. The first-order chi connectivity index (χ1) is 13.2. The van der Waals surface area contributed by atoms with Crippen LogP contribution in [0.5, 0.6) is 0 Å². The summed E-state index contributed by atoms with van der Waals surface area (Å²) in [6.07, 6.45) is 4.62. The highest BCUT2D eigenvalue weighted by atomic mass is 32.1. The molecule has 2 aromatic rings. The molecule has 7 heteroatoms. The number of nitrogens with one attached hydrogen (secondary N) is 1. The second kappa shape index (κ2) is 8.44. The first-order valence-electron chi connectivity index (χ1n) is 10.0. The second-order valence-corrected chi connectivity index (χ2v) is 8.59. The molecule has 1 amide bonds. The molecule has 1 aromatic heterocycles. The van der Waals surface area contributed by atoms with E-state index in [4.69, 9.17) is 9.48 Å². The van der Waals surface area contributed by atoms with Gasteiger partial charge in [-0.2, -0.15) is 4.37 Å². The fourth-order valence-electron chi connectivity index (χ4n) is 4.42. The summed E-state index contributed by atoms with van der Waals surface area (Å²) in [6.45, 7) is 5.45. The van der Waals surface area contributed by atoms with Gasteiger partial charge in [-0.15, -0.1) is 0 Å². The number of piperazine rings is 1. The van der Waals surface area contributed by atoms with Crippen LogP contribution in [0.4, 0.5) is 10.6 Å². The van der Waals surface area contributed by atoms with Crippen molar-refractivity contribution in [1.82, 2.24) is 14.6 Å². The van der Waals surface area contributed by atoms with Crippen LogP contribution in [0.3, 0.4) is 0 Å². The highest BCUT2D eigenvalue weighted by Gasteiger charge is 2.24. The van der Waals surface area contributed by atoms with Crippen LogP contribution in [0.25, 0.3) is 10.1 Å². The van der Waals surface area contributed by atoms with Crippen molar-refractivity contribution in [2.45, 2.75) is 38.1 Å². The molecule has 1 aromatic carbocycles. The van der Waals surface area contributed by atoms with Crippen LogP contribution >= 0.6 is 11.5 Å². The Bertz CT molecular complexity index is 764. The van der Waals surface area contributed by atoms with Crippen molar-refractivity contribution < 1.29 is 9.90 Å². The topological polar surface area (TPSA) is 68.7 Å². The van der Waals surface area contributed by atoms with Crippen molar-refractivity contribution in [2.75, 3.05) is 37.6 Å². The number of benzene rings is 1. The van der Waals surface area contributed by atoms with Crippen molar-refractivity contribution in [3.8, 4) is 0 Å². The molecule has 2 heterocycles. The predicted molar refractivity (Wildman–Crippen MR) is 110 cm³/mol. The zero-order chi connectivity index (χ0) is 18.6. The predicted octanol–water partition coefficient (Wildman–Crippen LogP) is 3.63. The first-order valence-corrected chi connectivity index (χ1v) is 10.8. The van der Waals surface area contributed by atoms with Crippen molar-refractivity contribution in [2.24, 2.45) is 5.92 Å². The highest BCUT2D eigenvalue weighted by molar-refractivity contribution is 7.13. The van der Waals surface area contributed by atoms with E-state index in [2.05, 4.69) is 39.4 Å². The molecule has 0 atom stereocenters. The van der Waals surface area contributed by atoms with Crippen LogP contribution in [0.15, 0.2) is 24.3 Å². The number of hydrogen-bond donors (Lipinski definition) is 2. The summed E-state index contributed by atoms with van der Waals surface area (Å²) >= 11 is 1.59. The Kier molecular flexibility index (Phi) is 5.78. The zero-order valence-electron chi connectivity index (χ0n) is 15.6. The number of carboxylic acid groups (broad SMARTS) is 1. The van der Waals surface area contributed by atoms with E-state index in [1.807, 2.05) is 0 Å². The van der Waals surface area contributed by atoms with E-state index in [1.165, 1.54) is 16.5 Å². The van der Waals surface area contributed by atoms with E-state index in [0.717, 1.165) is 70.1 Å². The third-order valence-electron chi connectivity index (χ3n) is 6.06. The lowest BCUT2D eigenvalue weighted by Crippen LogP contribution is -2.47. The average molecular weight is 389 g/mol. The van der Waals surface area contributed by atoms with Gasteiger partial charge in [-0.25, -0.2) is 4.79 Å². The monoisotopic (exact) mass is 388 g/mol. The number of fused-ring (bicyclic) bond motifs is 1. The summed E-state index contributed by atoms with van der Waals surface area (Å²) in [5, 5.41) is 12.7. The first kappa shape index (κ1) is 18.5. The number of nitrogens with zero attached hydrogens (tertiary/aromatic N) is 3. The standard InChI is InChI=1S/C20H28N4O2S/c25-20(26)21-16-7-5-15(6-8-16)9-10-23-11-13-24(14-12-23)19-17-3-1-2-4-18(17)27-22-19/h1-4,15-16,21H,5-14H2,(H,25,26)/t15-,16+. The van der Waals surface area contributed by atoms with Crippen LogP contribution in [0, 0.1) is 5.92 Å². The molecule has 1 saturated carbocycles. The van der Waals surface area contributed by atoms with Crippen LogP contribution in [0.1, 0.15) is 32.1 Å². The number of rotatable bonds is 5. The molecule has 2 fully saturated rings. The van der Waals surface area contributed by atoms with Gasteiger partial charge in [0, 0.05) is 37.6 Å². The molecule has 2 N–H and O–H groups in total. The third kappa shape index (κ3) is 4.52. The molecule has 1 aliphatic carbocycles. The summed E-state index contributed by atoms with van der Waals surface area (Å²) in [7, 11) is 0. The molecule has 0 unspecified atom stereocenters. The fraction of sp³-hybridized carbons (Fsp3) is 0.600. The number of carbonyl (C=O) groups is 1. The highest BCUT2D eigenvalue weighted by Crippen LogP contribution is 2.30. The van der Waals surface area contributed by atoms with Gasteiger partial charge in [0.05, 0.1) is 4.70 Å². The van der Waals surface area contributed by atoms with Crippen LogP contribution in [-0.4, -0.2) is 59.2 Å². The quantitative estimate of drug-likeness (QED) is 0.819. The van der Waals surface area contributed by atoms with Crippen molar-refractivity contribution >= 4 is 33.5 Å². The lowest BCUT2D eigenvalue weighted by molar-refractivity contribution is 0.177. The summed E-state index contributed by atoms with van der Waals surface area (Å²) in [6, 6.07) is 8.66. The summed E-state index contributed by atoms with van der Waals surface area (Å²) in [5.74, 6) is 1.90. The van der Waals surface area contributed by atoms with Gasteiger partial charge in [-0.1, -0.05) is 12.1 Å². The molecule has 0 radical (unpaired) electrons.